The molecule has 100 valence electrons. The molecule has 6 heteroatoms. The molecule has 3 rings (SSSR count). The maximum Gasteiger partial charge on any atom is 0.194 e. The average molecular weight is 258 g/mol. The molecule has 2 heterocycles. The Morgan fingerprint density at radius 1 is 1.21 bits per heavy atom. The molecule has 1 aromatic carbocycles. The number of aromatic nitrogens is 4. The van der Waals surface area contributed by atoms with E-state index in [1.807, 2.05) is 6.07 Å². The summed E-state index contributed by atoms with van der Waals surface area (Å²) in [5.74, 6) is 0.631. The minimum absolute atomic E-state index is 0.430. The number of H-pyrrole nitrogens is 1. The fourth-order valence-electron chi connectivity index (χ4n) is 2.55. The maximum absolute atomic E-state index is 6.37. The fraction of sp³-hybridized carbons (Fsp3) is 0.462. The Morgan fingerprint density at radius 2 is 1.95 bits per heavy atom. The molecular weight excluding hydrogens is 240 g/mol. The minimum atomic E-state index is -0.430. The van der Waals surface area contributed by atoms with Gasteiger partial charge in [-0.05, 0) is 18.4 Å². The van der Waals surface area contributed by atoms with Gasteiger partial charge in [0.05, 0.1) is 5.54 Å². The number of aromatic amines is 1. The number of hydrogen-bond donors (Lipinski definition) is 2. The normalized spacial score (nSPS) is 19.4. The largest absolute Gasteiger partial charge is 0.319 e. The lowest BCUT2D eigenvalue weighted by Gasteiger charge is -2.37. The Kier molecular flexibility index (Phi) is 3.27. The summed E-state index contributed by atoms with van der Waals surface area (Å²) in [6, 6.07) is 10.5. The van der Waals surface area contributed by atoms with Crippen LogP contribution in [0.3, 0.4) is 0 Å². The Hall–Kier alpha value is -1.79. The number of rotatable bonds is 3. The van der Waals surface area contributed by atoms with E-state index in [1.165, 1.54) is 5.56 Å². The molecule has 19 heavy (non-hydrogen) atoms. The van der Waals surface area contributed by atoms with Crippen LogP contribution in [0.5, 0.6) is 0 Å². The molecule has 0 bridgehead atoms. The van der Waals surface area contributed by atoms with Crippen molar-refractivity contribution in [2.24, 2.45) is 5.73 Å². The monoisotopic (exact) mass is 258 g/mol. The van der Waals surface area contributed by atoms with Crippen LogP contribution in [0.15, 0.2) is 30.3 Å². The van der Waals surface area contributed by atoms with Gasteiger partial charge in [0, 0.05) is 19.6 Å². The molecule has 0 aliphatic carbocycles. The van der Waals surface area contributed by atoms with Gasteiger partial charge in [0.15, 0.2) is 5.82 Å². The highest BCUT2D eigenvalue weighted by molar-refractivity contribution is 5.15. The summed E-state index contributed by atoms with van der Waals surface area (Å²) in [5.41, 5.74) is 7.28. The van der Waals surface area contributed by atoms with Crippen molar-refractivity contribution in [2.75, 3.05) is 13.1 Å². The number of nitrogens with two attached hydrogens (primary N) is 1. The number of nitrogens with zero attached hydrogens (tertiary/aromatic N) is 4. The molecule has 1 aromatic heterocycles. The third kappa shape index (κ3) is 2.64. The third-order valence-corrected chi connectivity index (χ3v) is 3.79. The van der Waals surface area contributed by atoms with Crippen LogP contribution in [-0.2, 0) is 12.1 Å². The summed E-state index contributed by atoms with van der Waals surface area (Å²) in [6.07, 6.45) is 1.72. The van der Waals surface area contributed by atoms with Gasteiger partial charge in [-0.15, -0.1) is 10.2 Å². The van der Waals surface area contributed by atoms with E-state index in [-0.39, 0.29) is 0 Å². The van der Waals surface area contributed by atoms with E-state index in [2.05, 4.69) is 49.8 Å². The molecule has 0 spiro atoms. The minimum Gasteiger partial charge on any atom is -0.319 e. The summed E-state index contributed by atoms with van der Waals surface area (Å²) in [7, 11) is 0. The molecule has 0 saturated carbocycles. The molecule has 0 amide bonds. The topological polar surface area (TPSA) is 83.7 Å². The van der Waals surface area contributed by atoms with Gasteiger partial charge in [-0.1, -0.05) is 35.5 Å². The number of hydrogen-bond acceptors (Lipinski definition) is 5. The van der Waals surface area contributed by atoms with Crippen molar-refractivity contribution in [3.63, 3.8) is 0 Å². The van der Waals surface area contributed by atoms with Gasteiger partial charge < -0.3 is 5.73 Å². The van der Waals surface area contributed by atoms with E-state index < -0.39 is 5.54 Å². The van der Waals surface area contributed by atoms with E-state index in [0.717, 1.165) is 32.5 Å². The zero-order valence-electron chi connectivity index (χ0n) is 10.8. The number of tetrazole rings is 1. The summed E-state index contributed by atoms with van der Waals surface area (Å²) >= 11 is 0. The Morgan fingerprint density at radius 3 is 2.58 bits per heavy atom. The lowest BCUT2D eigenvalue weighted by atomic mass is 9.88. The van der Waals surface area contributed by atoms with Gasteiger partial charge in [-0.25, -0.2) is 0 Å². The van der Waals surface area contributed by atoms with Crippen LogP contribution in [-0.4, -0.2) is 38.6 Å². The zero-order chi connectivity index (χ0) is 13.1. The number of benzene rings is 1. The average Bonchev–Trinajstić information content (AvgIpc) is 2.98. The smallest absolute Gasteiger partial charge is 0.194 e. The van der Waals surface area contributed by atoms with E-state index >= 15 is 0 Å². The fourth-order valence-corrected chi connectivity index (χ4v) is 2.55. The van der Waals surface area contributed by atoms with Crippen molar-refractivity contribution in [1.29, 1.82) is 0 Å². The van der Waals surface area contributed by atoms with Crippen molar-refractivity contribution in [3.8, 4) is 0 Å². The Balaban J connectivity index is 1.61. The highest BCUT2D eigenvalue weighted by atomic mass is 15.5. The van der Waals surface area contributed by atoms with Gasteiger partial charge in [-0.2, -0.15) is 5.21 Å². The molecule has 1 aliphatic rings. The van der Waals surface area contributed by atoms with Gasteiger partial charge in [0.1, 0.15) is 0 Å². The lowest BCUT2D eigenvalue weighted by molar-refractivity contribution is 0.150. The molecular formula is C13H18N6. The molecule has 3 N–H and O–H groups in total. The second kappa shape index (κ2) is 5.07. The standard InChI is InChI=1S/C13H18N6/c14-13(12-15-17-18-16-12)6-8-19(9-7-13)10-11-4-2-1-3-5-11/h1-5H,6-10,14H2,(H,15,16,17,18). The lowest BCUT2D eigenvalue weighted by Crippen LogP contribution is -2.48. The van der Waals surface area contributed by atoms with E-state index in [9.17, 15) is 0 Å². The highest BCUT2D eigenvalue weighted by Crippen LogP contribution is 2.27. The van der Waals surface area contributed by atoms with Gasteiger partial charge in [0.25, 0.3) is 0 Å². The molecule has 2 aromatic rings. The molecule has 1 aliphatic heterocycles. The second-order valence-electron chi connectivity index (χ2n) is 5.15. The molecule has 1 saturated heterocycles. The quantitative estimate of drug-likeness (QED) is 0.844. The molecule has 0 atom stereocenters. The van der Waals surface area contributed by atoms with Crippen molar-refractivity contribution < 1.29 is 0 Å². The van der Waals surface area contributed by atoms with Gasteiger partial charge >= 0.3 is 0 Å². The molecule has 1 fully saturated rings. The first-order valence-corrected chi connectivity index (χ1v) is 6.55. The predicted molar refractivity (Wildman–Crippen MR) is 71.0 cm³/mol. The first-order chi connectivity index (χ1) is 9.26. The van der Waals surface area contributed by atoms with Crippen molar-refractivity contribution in [2.45, 2.75) is 24.9 Å². The van der Waals surface area contributed by atoms with E-state index in [4.69, 9.17) is 5.73 Å². The van der Waals surface area contributed by atoms with E-state index in [1.54, 1.807) is 0 Å². The van der Waals surface area contributed by atoms with Crippen molar-refractivity contribution in [1.82, 2.24) is 25.5 Å². The molecule has 0 unspecified atom stereocenters. The van der Waals surface area contributed by atoms with Crippen molar-refractivity contribution >= 4 is 0 Å². The summed E-state index contributed by atoms with van der Waals surface area (Å²) < 4.78 is 0. The molecule has 6 nitrogen and oxygen atoms in total. The Labute approximate surface area is 112 Å². The van der Waals surface area contributed by atoms with Crippen LogP contribution < -0.4 is 5.73 Å². The number of likely N-dealkylation sites (tertiary alicyclic amines) is 1. The van der Waals surface area contributed by atoms with Gasteiger partial charge in [0.2, 0.25) is 0 Å². The van der Waals surface area contributed by atoms with Crippen LogP contribution in [0.4, 0.5) is 0 Å². The van der Waals surface area contributed by atoms with Crippen LogP contribution in [0, 0.1) is 0 Å². The van der Waals surface area contributed by atoms with Crippen molar-refractivity contribution in [3.05, 3.63) is 41.7 Å². The zero-order valence-corrected chi connectivity index (χ0v) is 10.8. The first kappa shape index (κ1) is 12.3. The number of nitrogens with one attached hydrogen (secondary N) is 1. The van der Waals surface area contributed by atoms with Crippen LogP contribution >= 0.6 is 0 Å². The van der Waals surface area contributed by atoms with Crippen LogP contribution in [0.2, 0.25) is 0 Å². The van der Waals surface area contributed by atoms with Crippen LogP contribution in [0.25, 0.3) is 0 Å². The second-order valence-corrected chi connectivity index (χ2v) is 5.15. The third-order valence-electron chi connectivity index (χ3n) is 3.79. The summed E-state index contributed by atoms with van der Waals surface area (Å²) in [5, 5.41) is 14.1. The number of piperidine rings is 1. The summed E-state index contributed by atoms with van der Waals surface area (Å²) in [6.45, 7) is 2.89. The Bertz CT molecular complexity index is 501. The predicted octanol–water partition coefficient (Wildman–Crippen LogP) is 0.650. The highest BCUT2D eigenvalue weighted by Gasteiger charge is 2.35. The SMILES string of the molecule is NC1(c2nn[nH]n2)CCN(Cc2ccccc2)CC1. The summed E-state index contributed by atoms with van der Waals surface area (Å²) in [4.78, 5) is 2.42. The first-order valence-electron chi connectivity index (χ1n) is 6.55. The van der Waals surface area contributed by atoms with Crippen LogP contribution in [0.1, 0.15) is 24.2 Å². The van der Waals surface area contributed by atoms with E-state index in [0.29, 0.717) is 5.82 Å². The van der Waals surface area contributed by atoms with Gasteiger partial charge in [-0.3, -0.25) is 4.90 Å². The molecule has 0 radical (unpaired) electrons. The maximum atomic E-state index is 6.37.